The number of rotatable bonds is 3. The van der Waals surface area contributed by atoms with Crippen LogP contribution in [0.4, 0.5) is 5.69 Å². The highest BCUT2D eigenvalue weighted by Crippen LogP contribution is 2.16. The smallest absolute Gasteiger partial charge is 0.229 e. The third kappa shape index (κ3) is 3.42. The van der Waals surface area contributed by atoms with Gasteiger partial charge in [0.25, 0.3) is 0 Å². The number of carbonyl (C=O) groups excluding carboxylic acids is 1. The van der Waals surface area contributed by atoms with Gasteiger partial charge in [-0.1, -0.05) is 54.7 Å². The van der Waals surface area contributed by atoms with E-state index in [-0.39, 0.29) is 5.91 Å². The van der Waals surface area contributed by atoms with Crippen LogP contribution >= 0.6 is 12.2 Å². The Morgan fingerprint density at radius 2 is 1.85 bits per heavy atom. The Morgan fingerprint density at radius 1 is 1.15 bits per heavy atom. The van der Waals surface area contributed by atoms with Crippen molar-refractivity contribution in [2.75, 3.05) is 5.73 Å². The minimum absolute atomic E-state index is 0.137. The average molecular weight is 284 g/mol. The van der Waals surface area contributed by atoms with Gasteiger partial charge in [0.15, 0.2) is 0 Å². The fourth-order valence-electron chi connectivity index (χ4n) is 1.90. The van der Waals surface area contributed by atoms with E-state index in [4.69, 9.17) is 18.0 Å². The van der Waals surface area contributed by atoms with Gasteiger partial charge in [0.05, 0.1) is 6.42 Å². The second-order valence-corrected chi connectivity index (χ2v) is 4.98. The van der Waals surface area contributed by atoms with Crippen molar-refractivity contribution in [1.29, 1.82) is 0 Å². The second-order valence-electron chi connectivity index (χ2n) is 4.58. The fraction of sp³-hybridized carbons (Fsp3) is 0.125. The molecule has 2 aromatic rings. The van der Waals surface area contributed by atoms with Gasteiger partial charge in [-0.05, 0) is 24.1 Å². The molecule has 0 unspecified atom stereocenters. The number of aryl methyl sites for hydroxylation is 1. The zero-order chi connectivity index (χ0) is 14.5. The second kappa shape index (κ2) is 6.30. The SMILES string of the molecule is Cc1cccc(C(=S)NC(=O)Cc2ccccc2)c1N. The van der Waals surface area contributed by atoms with Crippen LogP contribution in [-0.4, -0.2) is 10.9 Å². The number of anilines is 1. The average Bonchev–Trinajstić information content (AvgIpc) is 2.42. The van der Waals surface area contributed by atoms with E-state index in [0.717, 1.165) is 11.1 Å². The molecule has 0 heterocycles. The first-order valence-electron chi connectivity index (χ1n) is 6.31. The summed E-state index contributed by atoms with van der Waals surface area (Å²) in [6.45, 7) is 1.91. The van der Waals surface area contributed by atoms with E-state index in [0.29, 0.717) is 22.7 Å². The number of amides is 1. The van der Waals surface area contributed by atoms with Crippen LogP contribution in [0.5, 0.6) is 0 Å². The summed E-state index contributed by atoms with van der Waals surface area (Å²) >= 11 is 5.25. The molecule has 102 valence electrons. The zero-order valence-electron chi connectivity index (χ0n) is 11.2. The Bertz CT molecular complexity index is 638. The molecule has 0 aliphatic rings. The molecule has 0 fully saturated rings. The summed E-state index contributed by atoms with van der Waals surface area (Å²) in [4.78, 5) is 12.3. The Kier molecular flexibility index (Phi) is 4.48. The van der Waals surface area contributed by atoms with Gasteiger partial charge < -0.3 is 11.1 Å². The van der Waals surface area contributed by atoms with Gasteiger partial charge in [0.2, 0.25) is 5.91 Å². The van der Waals surface area contributed by atoms with E-state index < -0.39 is 0 Å². The normalized spacial score (nSPS) is 10.1. The third-order valence-electron chi connectivity index (χ3n) is 3.03. The summed E-state index contributed by atoms with van der Waals surface area (Å²) in [5, 5.41) is 2.73. The molecule has 0 aliphatic carbocycles. The number of carbonyl (C=O) groups is 1. The first-order valence-corrected chi connectivity index (χ1v) is 6.72. The molecular weight excluding hydrogens is 268 g/mol. The van der Waals surface area contributed by atoms with Gasteiger partial charge >= 0.3 is 0 Å². The summed E-state index contributed by atoms with van der Waals surface area (Å²) in [6.07, 6.45) is 0.298. The van der Waals surface area contributed by atoms with Crippen LogP contribution in [0, 0.1) is 6.92 Å². The summed E-state index contributed by atoms with van der Waals surface area (Å²) in [5.74, 6) is -0.137. The Hall–Kier alpha value is -2.20. The zero-order valence-corrected chi connectivity index (χ0v) is 12.0. The van der Waals surface area contributed by atoms with Crippen LogP contribution in [-0.2, 0) is 11.2 Å². The van der Waals surface area contributed by atoms with Gasteiger partial charge in [-0.3, -0.25) is 4.79 Å². The maximum absolute atomic E-state index is 12.0. The fourth-order valence-corrected chi connectivity index (χ4v) is 2.19. The number of nitrogens with two attached hydrogens (primary N) is 1. The van der Waals surface area contributed by atoms with Gasteiger partial charge in [0.1, 0.15) is 4.99 Å². The summed E-state index contributed by atoms with van der Waals surface area (Å²) < 4.78 is 0. The van der Waals surface area contributed by atoms with Gasteiger partial charge in [-0.2, -0.15) is 0 Å². The maximum atomic E-state index is 12.0. The number of hydrogen-bond acceptors (Lipinski definition) is 3. The molecule has 0 spiro atoms. The van der Waals surface area contributed by atoms with Crippen LogP contribution in [0.3, 0.4) is 0 Å². The lowest BCUT2D eigenvalue weighted by atomic mass is 10.1. The highest BCUT2D eigenvalue weighted by molar-refractivity contribution is 7.80. The number of nitrogens with one attached hydrogen (secondary N) is 1. The molecule has 2 aromatic carbocycles. The molecule has 2 rings (SSSR count). The summed E-state index contributed by atoms with van der Waals surface area (Å²) in [5.41, 5.74) is 9.17. The van der Waals surface area contributed by atoms with E-state index in [2.05, 4.69) is 5.32 Å². The van der Waals surface area contributed by atoms with Crippen LogP contribution in [0.25, 0.3) is 0 Å². The minimum Gasteiger partial charge on any atom is -0.398 e. The van der Waals surface area contributed by atoms with E-state index >= 15 is 0 Å². The number of benzene rings is 2. The lowest BCUT2D eigenvalue weighted by molar-refractivity contribution is -0.119. The van der Waals surface area contributed by atoms with Crippen molar-refractivity contribution < 1.29 is 4.79 Å². The van der Waals surface area contributed by atoms with Crippen molar-refractivity contribution in [2.45, 2.75) is 13.3 Å². The molecule has 3 nitrogen and oxygen atoms in total. The van der Waals surface area contributed by atoms with Gasteiger partial charge in [0, 0.05) is 11.3 Å². The molecule has 0 atom stereocenters. The first-order chi connectivity index (χ1) is 9.58. The minimum atomic E-state index is -0.137. The number of para-hydroxylation sites is 1. The quantitative estimate of drug-likeness (QED) is 0.673. The van der Waals surface area contributed by atoms with Crippen molar-refractivity contribution in [3.05, 3.63) is 65.2 Å². The molecule has 4 heteroatoms. The predicted molar refractivity (Wildman–Crippen MR) is 85.6 cm³/mol. The van der Waals surface area contributed by atoms with Crippen molar-refractivity contribution in [1.82, 2.24) is 5.32 Å². The van der Waals surface area contributed by atoms with Gasteiger partial charge in [-0.15, -0.1) is 0 Å². The van der Waals surface area contributed by atoms with Crippen LogP contribution in [0.1, 0.15) is 16.7 Å². The lowest BCUT2D eigenvalue weighted by Gasteiger charge is -2.11. The molecular formula is C16H16N2OS. The van der Waals surface area contributed by atoms with E-state index in [1.54, 1.807) is 0 Å². The summed E-state index contributed by atoms with van der Waals surface area (Å²) in [6, 6.07) is 15.1. The van der Waals surface area contributed by atoms with Crippen LogP contribution < -0.4 is 11.1 Å². The lowest BCUT2D eigenvalue weighted by Crippen LogP contribution is -2.31. The van der Waals surface area contributed by atoms with Gasteiger partial charge in [-0.25, -0.2) is 0 Å². The predicted octanol–water partition coefficient (Wildman–Crippen LogP) is 2.61. The molecule has 0 aliphatic heterocycles. The molecule has 3 N–H and O–H groups in total. The Labute approximate surface area is 123 Å². The highest BCUT2D eigenvalue weighted by atomic mass is 32.1. The number of nitrogen functional groups attached to an aromatic ring is 1. The monoisotopic (exact) mass is 284 g/mol. The maximum Gasteiger partial charge on any atom is 0.229 e. The number of thiocarbonyl (C=S) groups is 1. The molecule has 0 saturated heterocycles. The van der Waals surface area contributed by atoms with E-state index in [9.17, 15) is 4.79 Å². The molecule has 1 amide bonds. The molecule has 0 radical (unpaired) electrons. The Morgan fingerprint density at radius 3 is 2.55 bits per heavy atom. The molecule has 20 heavy (non-hydrogen) atoms. The highest BCUT2D eigenvalue weighted by Gasteiger charge is 2.11. The van der Waals surface area contributed by atoms with Crippen LogP contribution in [0.15, 0.2) is 48.5 Å². The molecule has 0 bridgehead atoms. The third-order valence-corrected chi connectivity index (χ3v) is 3.35. The van der Waals surface area contributed by atoms with Crippen LogP contribution in [0.2, 0.25) is 0 Å². The standard InChI is InChI=1S/C16H16N2OS/c1-11-6-5-9-13(15(11)17)16(20)18-14(19)10-12-7-3-2-4-8-12/h2-9H,10,17H2,1H3,(H,18,19,20). The molecule has 0 aromatic heterocycles. The van der Waals surface area contributed by atoms with Crippen molar-refractivity contribution in [3.8, 4) is 0 Å². The largest absolute Gasteiger partial charge is 0.398 e. The first kappa shape index (κ1) is 14.2. The van der Waals surface area contributed by atoms with Crippen molar-refractivity contribution in [3.63, 3.8) is 0 Å². The van der Waals surface area contributed by atoms with E-state index in [1.165, 1.54) is 0 Å². The van der Waals surface area contributed by atoms with Crippen molar-refractivity contribution >= 4 is 28.8 Å². The topological polar surface area (TPSA) is 55.1 Å². The molecule has 0 saturated carbocycles. The van der Waals surface area contributed by atoms with E-state index in [1.807, 2.05) is 55.5 Å². The summed E-state index contributed by atoms with van der Waals surface area (Å²) in [7, 11) is 0. The Balaban J connectivity index is 2.04. The van der Waals surface area contributed by atoms with Crippen molar-refractivity contribution in [2.24, 2.45) is 0 Å². The number of hydrogen-bond donors (Lipinski definition) is 2.